The molecule has 0 saturated carbocycles. The predicted molar refractivity (Wildman–Crippen MR) is 147 cm³/mol. The molecule has 3 aliphatic heterocycles. The SMILES string of the molecule is CCC[CH2][Sn]([CH2]CCC)([CH2]CCC)[c]1cnc(N2CC3CC(C2)N3Cc2ccc(OC)nc2)cn1. The maximum atomic E-state index is 5.20. The molecule has 2 unspecified atom stereocenters. The summed E-state index contributed by atoms with van der Waals surface area (Å²) in [6.07, 6.45) is 15.5. The van der Waals surface area contributed by atoms with Gasteiger partial charge in [-0.25, -0.2) is 0 Å². The van der Waals surface area contributed by atoms with Crippen molar-refractivity contribution in [3.63, 3.8) is 0 Å². The summed E-state index contributed by atoms with van der Waals surface area (Å²) in [5.41, 5.74) is 1.26. The number of fused-ring (bicyclic) bond motifs is 2. The normalized spacial score (nSPS) is 20.1. The number of aromatic nitrogens is 3. The van der Waals surface area contributed by atoms with E-state index in [4.69, 9.17) is 14.7 Å². The van der Waals surface area contributed by atoms with E-state index >= 15 is 0 Å². The van der Waals surface area contributed by atoms with Crippen LogP contribution in [0.15, 0.2) is 30.7 Å². The van der Waals surface area contributed by atoms with Gasteiger partial charge in [-0.1, -0.05) is 0 Å². The van der Waals surface area contributed by atoms with E-state index in [1.807, 2.05) is 12.3 Å². The first-order valence-electron chi connectivity index (χ1n) is 13.9. The molecule has 3 saturated heterocycles. The fourth-order valence-electron chi connectivity index (χ4n) is 6.03. The third-order valence-corrected chi connectivity index (χ3v) is 23.3. The molecule has 2 aromatic heterocycles. The summed E-state index contributed by atoms with van der Waals surface area (Å²) >= 11 is -2.50. The molecule has 0 spiro atoms. The summed E-state index contributed by atoms with van der Waals surface area (Å²) in [5.74, 6) is 1.76. The van der Waals surface area contributed by atoms with Gasteiger partial charge in [0.2, 0.25) is 5.88 Å². The Morgan fingerprint density at radius 1 is 0.857 bits per heavy atom. The van der Waals surface area contributed by atoms with Gasteiger partial charge in [-0.15, -0.1) is 0 Å². The number of rotatable bonds is 14. The standard InChI is InChI=1S/C16H18N5O.3C4H9.Sn/c1-22-16-3-2-12(7-19-16)9-21-13-6-14(21)11-20(10-13)15-8-17-4-5-18-15;3*1-3-4-2;/h2-3,5,7-8,13-14H,6,9-11H2,1H3;3*1,3-4H2,2H3;. The molecule has 2 bridgehead atoms. The van der Waals surface area contributed by atoms with Crippen LogP contribution in [0.4, 0.5) is 5.82 Å². The fraction of sp³-hybridized carbons (Fsp3) is 0.679. The molecule has 0 aliphatic carbocycles. The zero-order chi connectivity index (χ0) is 24.7. The number of piperazine rings is 1. The second-order valence-electron chi connectivity index (χ2n) is 10.7. The van der Waals surface area contributed by atoms with Crippen LogP contribution in [0.3, 0.4) is 0 Å². The second-order valence-corrected chi connectivity index (χ2v) is 23.7. The van der Waals surface area contributed by atoms with Crippen molar-refractivity contribution >= 4 is 27.9 Å². The maximum absolute atomic E-state index is 5.20. The average molecular weight is 586 g/mol. The van der Waals surface area contributed by atoms with Gasteiger partial charge < -0.3 is 4.74 Å². The van der Waals surface area contributed by atoms with Crippen LogP contribution in [-0.4, -0.2) is 70.5 Å². The fourth-order valence-corrected chi connectivity index (χ4v) is 21.1. The number of unbranched alkanes of at least 4 members (excludes halogenated alkanes) is 3. The zero-order valence-corrected chi connectivity index (χ0v) is 25.2. The van der Waals surface area contributed by atoms with Crippen molar-refractivity contribution in [2.24, 2.45) is 0 Å². The van der Waals surface area contributed by atoms with Crippen LogP contribution in [0, 0.1) is 0 Å². The van der Waals surface area contributed by atoms with E-state index in [0.29, 0.717) is 18.0 Å². The van der Waals surface area contributed by atoms with Crippen molar-refractivity contribution in [2.75, 3.05) is 25.1 Å². The Balaban J connectivity index is 1.41. The summed E-state index contributed by atoms with van der Waals surface area (Å²) in [6, 6.07) is 5.28. The molecule has 5 heterocycles. The van der Waals surface area contributed by atoms with Gasteiger partial charge in [-0.2, -0.15) is 0 Å². The van der Waals surface area contributed by atoms with Crippen LogP contribution in [0.5, 0.6) is 5.88 Å². The molecule has 0 N–H and O–H groups in total. The molecular formula is C28H45N5OSn. The van der Waals surface area contributed by atoms with Crippen molar-refractivity contribution in [1.82, 2.24) is 19.9 Å². The van der Waals surface area contributed by atoms with Crippen LogP contribution in [0.2, 0.25) is 13.3 Å². The summed E-state index contributed by atoms with van der Waals surface area (Å²) < 4.78 is 11.0. The number of anilines is 1. The van der Waals surface area contributed by atoms with Crippen LogP contribution in [0.25, 0.3) is 0 Å². The molecule has 5 rings (SSSR count). The Bertz CT molecular complexity index is 873. The van der Waals surface area contributed by atoms with E-state index in [1.165, 1.54) is 67.5 Å². The minimum absolute atomic E-state index is 0.592. The molecule has 3 fully saturated rings. The second kappa shape index (κ2) is 12.7. The van der Waals surface area contributed by atoms with Crippen molar-refractivity contribution in [2.45, 2.75) is 97.7 Å². The van der Waals surface area contributed by atoms with Gasteiger partial charge in [0.05, 0.1) is 7.11 Å². The summed E-state index contributed by atoms with van der Waals surface area (Å²) in [6.45, 7) is 10.1. The Morgan fingerprint density at radius 3 is 2.00 bits per heavy atom. The Kier molecular flexibility index (Phi) is 9.67. The Labute approximate surface area is 216 Å². The molecule has 0 amide bonds. The monoisotopic (exact) mass is 587 g/mol. The molecule has 2 atom stereocenters. The summed E-state index contributed by atoms with van der Waals surface area (Å²) in [5, 5.41) is 0. The average Bonchev–Trinajstić information content (AvgIpc) is 2.92. The molecule has 0 aromatic carbocycles. The summed E-state index contributed by atoms with van der Waals surface area (Å²) in [4.78, 5) is 19.7. The van der Waals surface area contributed by atoms with Crippen molar-refractivity contribution in [1.29, 1.82) is 0 Å². The van der Waals surface area contributed by atoms with E-state index in [1.54, 1.807) is 7.11 Å². The molecular weight excluding hydrogens is 541 g/mol. The van der Waals surface area contributed by atoms with Gasteiger partial charge in [0.15, 0.2) is 0 Å². The number of piperidine rings is 1. The Morgan fingerprint density at radius 2 is 1.51 bits per heavy atom. The first kappa shape index (κ1) is 26.6. The van der Waals surface area contributed by atoms with Gasteiger partial charge in [0.1, 0.15) is 0 Å². The third kappa shape index (κ3) is 6.30. The first-order chi connectivity index (χ1) is 17.1. The third-order valence-electron chi connectivity index (χ3n) is 8.25. The van der Waals surface area contributed by atoms with Gasteiger partial charge in [-0.05, 0) is 0 Å². The van der Waals surface area contributed by atoms with Crippen LogP contribution < -0.4 is 13.3 Å². The number of hydrogen-bond acceptors (Lipinski definition) is 6. The van der Waals surface area contributed by atoms with Gasteiger partial charge in [0.25, 0.3) is 0 Å². The van der Waals surface area contributed by atoms with Crippen LogP contribution >= 0.6 is 0 Å². The predicted octanol–water partition coefficient (Wildman–Crippen LogP) is 5.40. The van der Waals surface area contributed by atoms with Gasteiger partial charge in [-0.3, -0.25) is 0 Å². The van der Waals surface area contributed by atoms with E-state index < -0.39 is 18.4 Å². The first-order valence-corrected chi connectivity index (χ1v) is 21.4. The van der Waals surface area contributed by atoms with Crippen LogP contribution in [-0.2, 0) is 6.54 Å². The van der Waals surface area contributed by atoms with Gasteiger partial charge >= 0.3 is 200 Å². The molecule has 35 heavy (non-hydrogen) atoms. The number of ether oxygens (including phenoxy) is 1. The van der Waals surface area contributed by atoms with E-state index in [0.717, 1.165) is 25.5 Å². The quantitative estimate of drug-likeness (QED) is 0.277. The molecule has 192 valence electrons. The van der Waals surface area contributed by atoms with Crippen molar-refractivity contribution < 1.29 is 4.74 Å². The molecule has 2 aromatic rings. The molecule has 6 nitrogen and oxygen atoms in total. The number of nitrogens with zero attached hydrogens (tertiary/aromatic N) is 5. The number of methoxy groups -OCH3 is 1. The van der Waals surface area contributed by atoms with Crippen LogP contribution in [0.1, 0.15) is 71.3 Å². The van der Waals surface area contributed by atoms with Crippen molar-refractivity contribution in [3.8, 4) is 5.88 Å². The zero-order valence-electron chi connectivity index (χ0n) is 22.4. The van der Waals surface area contributed by atoms with Gasteiger partial charge in [0, 0.05) is 0 Å². The van der Waals surface area contributed by atoms with Crippen molar-refractivity contribution in [3.05, 3.63) is 36.3 Å². The molecule has 0 radical (unpaired) electrons. The molecule has 7 heteroatoms. The summed E-state index contributed by atoms with van der Waals surface area (Å²) in [7, 11) is 1.66. The topological polar surface area (TPSA) is 54.4 Å². The number of pyridine rings is 1. The van der Waals surface area contributed by atoms with E-state index in [-0.39, 0.29) is 0 Å². The minimum atomic E-state index is -2.50. The van der Waals surface area contributed by atoms with E-state index in [2.05, 4.69) is 54.0 Å². The van der Waals surface area contributed by atoms with E-state index in [9.17, 15) is 0 Å². The Hall–Kier alpha value is -1.41. The number of hydrogen-bond donors (Lipinski definition) is 0. The molecule has 3 aliphatic rings.